The van der Waals surface area contributed by atoms with Crippen LogP contribution in [-0.2, 0) is 0 Å². The molecule has 1 nitrogen and oxygen atoms in total. The smallest absolute Gasteiger partial charge is 0.265 e. The lowest BCUT2D eigenvalue weighted by molar-refractivity contribution is 0.153. The Balaban J connectivity index is 2.79. The monoisotopic (exact) mass is 231 g/mol. The van der Waals surface area contributed by atoms with E-state index < -0.39 is 6.43 Å². The average molecular weight is 231 g/mol. The quantitative estimate of drug-likeness (QED) is 0.568. The highest BCUT2D eigenvalue weighted by molar-refractivity contribution is 7.80. The van der Waals surface area contributed by atoms with Gasteiger partial charge in [-0.1, -0.05) is 0 Å². The van der Waals surface area contributed by atoms with E-state index in [2.05, 4.69) is 12.6 Å². The molecule has 0 radical (unpaired) electrons. The summed E-state index contributed by atoms with van der Waals surface area (Å²) in [7, 11) is 0. The van der Waals surface area contributed by atoms with Gasteiger partial charge in [0.2, 0.25) is 0 Å². The molecule has 2 aromatic rings. The molecular formula is C9H7F2NS2. The number of thiol groups is 1. The Hall–Kier alpha value is -0.810. The third kappa shape index (κ3) is 1.46. The van der Waals surface area contributed by atoms with E-state index in [-0.39, 0.29) is 5.56 Å². The van der Waals surface area contributed by atoms with Gasteiger partial charge in [-0.25, -0.2) is 8.78 Å². The maximum absolute atomic E-state index is 12.6. The van der Waals surface area contributed by atoms with Crippen LogP contribution in [0.15, 0.2) is 22.4 Å². The standard InChI is InChI=1S/C9H7F2NS2/c10-9(11)5-3-14-7-2-4(12)1-6(13)8(5)7/h1-3,9,13H,12H2. The molecule has 1 aromatic heterocycles. The Labute approximate surface area is 88.9 Å². The fourth-order valence-electron chi connectivity index (χ4n) is 1.35. The first kappa shape index (κ1) is 9.73. The van der Waals surface area contributed by atoms with E-state index in [4.69, 9.17) is 5.73 Å². The maximum Gasteiger partial charge on any atom is 0.265 e. The summed E-state index contributed by atoms with van der Waals surface area (Å²) in [4.78, 5) is 0.511. The van der Waals surface area contributed by atoms with Gasteiger partial charge in [0.1, 0.15) is 0 Å². The normalized spacial score (nSPS) is 11.4. The molecule has 0 bridgehead atoms. The van der Waals surface area contributed by atoms with Crippen LogP contribution in [0.2, 0.25) is 0 Å². The highest BCUT2D eigenvalue weighted by Gasteiger charge is 2.15. The third-order valence-corrected chi connectivity index (χ3v) is 3.24. The van der Waals surface area contributed by atoms with Crippen molar-refractivity contribution < 1.29 is 8.78 Å². The van der Waals surface area contributed by atoms with Gasteiger partial charge in [-0.05, 0) is 12.1 Å². The van der Waals surface area contributed by atoms with Crippen LogP contribution in [0.4, 0.5) is 14.5 Å². The van der Waals surface area contributed by atoms with Gasteiger partial charge in [-0.3, -0.25) is 0 Å². The number of benzene rings is 1. The first-order valence-corrected chi connectivity index (χ1v) is 5.20. The number of halogens is 2. The lowest BCUT2D eigenvalue weighted by Crippen LogP contribution is -1.86. The van der Waals surface area contributed by atoms with Crippen molar-refractivity contribution in [3.05, 3.63) is 23.1 Å². The molecule has 0 unspecified atom stereocenters. The molecule has 5 heteroatoms. The molecule has 0 aliphatic heterocycles. The summed E-state index contributed by atoms with van der Waals surface area (Å²) < 4.78 is 25.9. The maximum atomic E-state index is 12.6. The summed E-state index contributed by atoms with van der Waals surface area (Å²) in [6.07, 6.45) is -2.46. The molecule has 2 rings (SSSR count). The second kappa shape index (κ2) is 3.40. The molecule has 0 fully saturated rings. The van der Waals surface area contributed by atoms with Gasteiger partial charge >= 0.3 is 0 Å². The molecule has 0 saturated carbocycles. The predicted molar refractivity (Wildman–Crippen MR) is 58.4 cm³/mol. The van der Waals surface area contributed by atoms with Crippen molar-refractivity contribution in [2.45, 2.75) is 11.3 Å². The zero-order valence-electron chi connectivity index (χ0n) is 7.00. The fourth-order valence-corrected chi connectivity index (χ4v) is 2.85. The second-order valence-electron chi connectivity index (χ2n) is 2.90. The Kier molecular flexibility index (Phi) is 2.36. The zero-order valence-corrected chi connectivity index (χ0v) is 8.71. The van der Waals surface area contributed by atoms with Crippen molar-refractivity contribution in [1.29, 1.82) is 0 Å². The number of rotatable bonds is 1. The second-order valence-corrected chi connectivity index (χ2v) is 4.30. The van der Waals surface area contributed by atoms with Gasteiger partial charge in [-0.15, -0.1) is 24.0 Å². The molecule has 1 heterocycles. The van der Waals surface area contributed by atoms with Crippen LogP contribution in [0, 0.1) is 0 Å². The van der Waals surface area contributed by atoms with Crippen LogP contribution in [0.1, 0.15) is 12.0 Å². The minimum absolute atomic E-state index is 0.0370. The van der Waals surface area contributed by atoms with E-state index in [0.29, 0.717) is 16.0 Å². The van der Waals surface area contributed by atoms with Crippen LogP contribution in [0.5, 0.6) is 0 Å². The van der Waals surface area contributed by atoms with Crippen LogP contribution >= 0.6 is 24.0 Å². The summed E-state index contributed by atoms with van der Waals surface area (Å²) in [6, 6.07) is 3.27. The van der Waals surface area contributed by atoms with Crippen LogP contribution in [0.3, 0.4) is 0 Å². The lowest BCUT2D eigenvalue weighted by Gasteiger charge is -2.01. The van der Waals surface area contributed by atoms with Gasteiger partial charge in [0.25, 0.3) is 6.43 Å². The van der Waals surface area contributed by atoms with E-state index in [1.807, 2.05) is 0 Å². The molecule has 0 aliphatic carbocycles. The first-order chi connectivity index (χ1) is 6.59. The van der Waals surface area contributed by atoms with Gasteiger partial charge < -0.3 is 5.73 Å². The van der Waals surface area contributed by atoms with Crippen molar-refractivity contribution in [1.82, 2.24) is 0 Å². The van der Waals surface area contributed by atoms with Gasteiger partial charge in [0, 0.05) is 31.6 Å². The van der Waals surface area contributed by atoms with E-state index in [1.165, 1.54) is 16.7 Å². The third-order valence-electron chi connectivity index (χ3n) is 1.94. The molecule has 1 aromatic carbocycles. The number of nitrogens with two attached hydrogens (primary N) is 1. The number of alkyl halides is 2. The van der Waals surface area contributed by atoms with Crippen LogP contribution < -0.4 is 5.73 Å². The molecule has 0 amide bonds. The number of fused-ring (bicyclic) bond motifs is 1. The number of hydrogen-bond acceptors (Lipinski definition) is 3. The number of nitrogen functional groups attached to an aromatic ring is 1. The molecule has 14 heavy (non-hydrogen) atoms. The summed E-state index contributed by atoms with van der Waals surface area (Å²) in [5.74, 6) is 0. The topological polar surface area (TPSA) is 26.0 Å². The SMILES string of the molecule is Nc1cc(S)c2c(C(F)F)csc2c1. The molecule has 74 valence electrons. The van der Waals surface area contributed by atoms with Crippen molar-refractivity contribution in [3.63, 3.8) is 0 Å². The molecule has 0 aliphatic rings. The molecule has 0 atom stereocenters. The van der Waals surface area contributed by atoms with E-state index in [0.717, 1.165) is 4.70 Å². The lowest BCUT2D eigenvalue weighted by atomic mass is 10.1. The van der Waals surface area contributed by atoms with Gasteiger partial charge in [0.05, 0.1) is 0 Å². The van der Waals surface area contributed by atoms with Gasteiger partial charge in [0.15, 0.2) is 0 Å². The Morgan fingerprint density at radius 3 is 2.71 bits per heavy atom. The molecule has 0 saturated heterocycles. The number of hydrogen-bond donors (Lipinski definition) is 2. The first-order valence-electron chi connectivity index (χ1n) is 3.87. The van der Waals surface area contributed by atoms with E-state index >= 15 is 0 Å². The summed E-state index contributed by atoms with van der Waals surface area (Å²) >= 11 is 5.41. The van der Waals surface area contributed by atoms with E-state index in [9.17, 15) is 8.78 Å². The Morgan fingerprint density at radius 2 is 2.07 bits per heavy atom. The minimum Gasteiger partial charge on any atom is -0.399 e. The van der Waals surface area contributed by atoms with Crippen LogP contribution in [-0.4, -0.2) is 0 Å². The van der Waals surface area contributed by atoms with Crippen molar-refractivity contribution in [3.8, 4) is 0 Å². The predicted octanol–water partition coefficient (Wildman–Crippen LogP) is 3.71. The zero-order chi connectivity index (χ0) is 10.3. The van der Waals surface area contributed by atoms with Gasteiger partial charge in [-0.2, -0.15) is 0 Å². The number of thiophene rings is 1. The summed E-state index contributed by atoms with van der Waals surface area (Å²) in [5.41, 5.74) is 6.16. The highest BCUT2D eigenvalue weighted by Crippen LogP contribution is 2.37. The highest BCUT2D eigenvalue weighted by atomic mass is 32.1. The summed E-state index contributed by atoms with van der Waals surface area (Å²) in [6.45, 7) is 0. The van der Waals surface area contributed by atoms with E-state index in [1.54, 1.807) is 12.1 Å². The van der Waals surface area contributed by atoms with Crippen molar-refractivity contribution >= 4 is 39.7 Å². The molecular weight excluding hydrogens is 224 g/mol. The van der Waals surface area contributed by atoms with Crippen molar-refractivity contribution in [2.24, 2.45) is 0 Å². The van der Waals surface area contributed by atoms with Crippen LogP contribution in [0.25, 0.3) is 10.1 Å². The Bertz CT molecular complexity index is 479. The Morgan fingerprint density at radius 1 is 1.36 bits per heavy atom. The molecule has 2 N–H and O–H groups in total. The largest absolute Gasteiger partial charge is 0.399 e. The minimum atomic E-state index is -2.46. The summed E-state index contributed by atoms with van der Waals surface area (Å²) in [5, 5.41) is 1.97. The fraction of sp³-hybridized carbons (Fsp3) is 0.111. The average Bonchev–Trinajstić information content (AvgIpc) is 2.47. The number of anilines is 1. The van der Waals surface area contributed by atoms with Crippen molar-refractivity contribution in [2.75, 3.05) is 5.73 Å². The molecule has 0 spiro atoms.